The molecule has 1 aromatic heterocycles. The first-order chi connectivity index (χ1) is 10.2. The van der Waals surface area contributed by atoms with Crippen LogP contribution in [-0.4, -0.2) is 40.2 Å². The molecule has 2 heterocycles. The van der Waals surface area contributed by atoms with Gasteiger partial charge in [-0.25, -0.2) is 4.79 Å². The molecule has 1 aliphatic carbocycles. The van der Waals surface area contributed by atoms with Crippen LogP contribution in [0.5, 0.6) is 0 Å². The summed E-state index contributed by atoms with van der Waals surface area (Å²) >= 11 is 0. The lowest BCUT2D eigenvalue weighted by molar-refractivity contribution is 0.169. The molecule has 6 nitrogen and oxygen atoms in total. The van der Waals surface area contributed by atoms with E-state index in [0.29, 0.717) is 17.8 Å². The summed E-state index contributed by atoms with van der Waals surface area (Å²) < 4.78 is 5.24. The number of hydrogen-bond donors (Lipinski definition) is 1. The summed E-state index contributed by atoms with van der Waals surface area (Å²) in [5, 5.41) is 7.03. The molecule has 0 aromatic carbocycles. The average Bonchev–Trinajstić information content (AvgIpc) is 2.95. The lowest BCUT2D eigenvalue weighted by Gasteiger charge is -2.32. The average molecular weight is 292 g/mol. The zero-order valence-corrected chi connectivity index (χ0v) is 12.7. The maximum Gasteiger partial charge on any atom is 0.317 e. The summed E-state index contributed by atoms with van der Waals surface area (Å²) in [5.41, 5.74) is 0. The number of piperidine rings is 1. The van der Waals surface area contributed by atoms with Crippen molar-refractivity contribution in [2.75, 3.05) is 13.1 Å². The molecule has 6 heteroatoms. The Balaban J connectivity index is 1.47. The largest absolute Gasteiger partial charge is 0.339 e. The standard InChI is InChI=1S/C15H24N4O2/c1-11-16-14(21-18-11)12-7-9-19(10-8-12)15(20)17-13-5-3-2-4-6-13/h12-13H,2-10H2,1H3,(H,17,20). The van der Waals surface area contributed by atoms with E-state index >= 15 is 0 Å². The van der Waals surface area contributed by atoms with Crippen molar-refractivity contribution in [1.82, 2.24) is 20.4 Å². The van der Waals surface area contributed by atoms with E-state index in [1.54, 1.807) is 0 Å². The van der Waals surface area contributed by atoms with Gasteiger partial charge in [0.15, 0.2) is 5.82 Å². The molecule has 3 rings (SSSR count). The number of carbonyl (C=O) groups excluding carboxylic acids is 1. The second kappa shape index (κ2) is 6.45. The van der Waals surface area contributed by atoms with Crippen molar-refractivity contribution in [1.29, 1.82) is 0 Å². The predicted molar refractivity (Wildman–Crippen MR) is 78.0 cm³/mol. The van der Waals surface area contributed by atoms with Crippen molar-refractivity contribution in [2.45, 2.75) is 63.8 Å². The first kappa shape index (κ1) is 14.4. The Kier molecular flexibility index (Phi) is 4.41. The molecule has 0 unspecified atom stereocenters. The van der Waals surface area contributed by atoms with Gasteiger partial charge < -0.3 is 14.7 Å². The Morgan fingerprint density at radius 3 is 2.52 bits per heavy atom. The van der Waals surface area contributed by atoms with Crippen LogP contribution in [0.25, 0.3) is 0 Å². The van der Waals surface area contributed by atoms with E-state index in [1.807, 2.05) is 11.8 Å². The number of nitrogens with one attached hydrogen (secondary N) is 1. The fourth-order valence-corrected chi connectivity index (χ4v) is 3.32. The van der Waals surface area contributed by atoms with Crippen LogP contribution in [0.15, 0.2) is 4.52 Å². The Hall–Kier alpha value is -1.59. The molecule has 2 amide bonds. The Morgan fingerprint density at radius 1 is 1.19 bits per heavy atom. The quantitative estimate of drug-likeness (QED) is 0.909. The molecule has 0 bridgehead atoms. The minimum atomic E-state index is 0.0991. The highest BCUT2D eigenvalue weighted by atomic mass is 16.5. The molecule has 1 N–H and O–H groups in total. The second-order valence-corrected chi connectivity index (χ2v) is 6.23. The Labute approximate surface area is 125 Å². The summed E-state index contributed by atoms with van der Waals surface area (Å²) in [4.78, 5) is 18.5. The van der Waals surface area contributed by atoms with Gasteiger partial charge in [0.2, 0.25) is 5.89 Å². The van der Waals surface area contributed by atoms with E-state index < -0.39 is 0 Å². The highest BCUT2D eigenvalue weighted by molar-refractivity contribution is 5.74. The topological polar surface area (TPSA) is 71.3 Å². The fraction of sp³-hybridized carbons (Fsp3) is 0.800. The van der Waals surface area contributed by atoms with Crippen molar-refractivity contribution >= 4 is 6.03 Å². The van der Waals surface area contributed by atoms with E-state index in [0.717, 1.165) is 44.7 Å². The number of aryl methyl sites for hydroxylation is 1. The van der Waals surface area contributed by atoms with E-state index in [1.165, 1.54) is 19.3 Å². The van der Waals surface area contributed by atoms with Crippen molar-refractivity contribution in [3.63, 3.8) is 0 Å². The van der Waals surface area contributed by atoms with Crippen LogP contribution < -0.4 is 5.32 Å². The van der Waals surface area contributed by atoms with Gasteiger partial charge in [0.05, 0.1) is 0 Å². The first-order valence-corrected chi connectivity index (χ1v) is 8.08. The van der Waals surface area contributed by atoms with E-state index in [-0.39, 0.29) is 6.03 Å². The highest BCUT2D eigenvalue weighted by Crippen LogP contribution is 2.27. The molecule has 0 spiro atoms. The maximum absolute atomic E-state index is 12.3. The first-order valence-electron chi connectivity index (χ1n) is 8.08. The molecule has 0 radical (unpaired) electrons. The summed E-state index contributed by atoms with van der Waals surface area (Å²) in [6, 6.07) is 0.477. The van der Waals surface area contributed by atoms with Gasteiger partial charge in [-0.3, -0.25) is 0 Å². The van der Waals surface area contributed by atoms with Crippen molar-refractivity contribution in [2.24, 2.45) is 0 Å². The zero-order valence-electron chi connectivity index (χ0n) is 12.7. The third-order valence-electron chi connectivity index (χ3n) is 4.61. The number of amides is 2. The van der Waals surface area contributed by atoms with Crippen molar-refractivity contribution in [3.05, 3.63) is 11.7 Å². The Morgan fingerprint density at radius 2 is 1.90 bits per heavy atom. The van der Waals surface area contributed by atoms with Crippen LogP contribution in [0.4, 0.5) is 4.79 Å². The summed E-state index contributed by atoms with van der Waals surface area (Å²) in [5.74, 6) is 1.70. The number of nitrogens with zero attached hydrogens (tertiary/aromatic N) is 3. The normalized spacial score (nSPS) is 21.5. The summed E-state index contributed by atoms with van der Waals surface area (Å²) in [7, 11) is 0. The van der Waals surface area contributed by atoms with Gasteiger partial charge in [-0.1, -0.05) is 24.4 Å². The molecule has 1 aromatic rings. The monoisotopic (exact) mass is 292 g/mol. The highest BCUT2D eigenvalue weighted by Gasteiger charge is 2.28. The number of likely N-dealkylation sites (tertiary alicyclic amines) is 1. The number of carbonyl (C=O) groups is 1. The maximum atomic E-state index is 12.3. The van der Waals surface area contributed by atoms with E-state index in [2.05, 4.69) is 15.5 Å². The van der Waals surface area contributed by atoms with Gasteiger partial charge in [0, 0.05) is 25.0 Å². The van der Waals surface area contributed by atoms with E-state index in [9.17, 15) is 4.79 Å². The SMILES string of the molecule is Cc1noc(C2CCN(C(=O)NC3CCCCC3)CC2)n1. The van der Waals surface area contributed by atoms with Crippen molar-refractivity contribution in [3.8, 4) is 0 Å². The Bertz CT molecular complexity index is 474. The van der Waals surface area contributed by atoms with Gasteiger partial charge in [0.1, 0.15) is 0 Å². The molecule has 1 saturated heterocycles. The number of aromatic nitrogens is 2. The molecule has 1 saturated carbocycles. The second-order valence-electron chi connectivity index (χ2n) is 6.23. The van der Waals surface area contributed by atoms with Crippen molar-refractivity contribution < 1.29 is 9.32 Å². The molecule has 21 heavy (non-hydrogen) atoms. The number of hydrogen-bond acceptors (Lipinski definition) is 4. The summed E-state index contributed by atoms with van der Waals surface area (Å²) in [6.45, 7) is 3.37. The van der Waals surface area contributed by atoms with Gasteiger partial charge in [-0.05, 0) is 32.6 Å². The molecule has 0 atom stereocenters. The molecule has 1 aliphatic heterocycles. The molecular formula is C15H24N4O2. The van der Waals surface area contributed by atoms with Gasteiger partial charge >= 0.3 is 6.03 Å². The number of rotatable bonds is 2. The lowest BCUT2D eigenvalue weighted by Crippen LogP contribution is -2.48. The van der Waals surface area contributed by atoms with Crippen LogP contribution in [0.1, 0.15) is 62.6 Å². The van der Waals surface area contributed by atoms with Crippen LogP contribution in [0.2, 0.25) is 0 Å². The number of urea groups is 1. The minimum Gasteiger partial charge on any atom is -0.339 e. The molecule has 2 fully saturated rings. The fourth-order valence-electron chi connectivity index (χ4n) is 3.32. The van der Waals surface area contributed by atoms with E-state index in [4.69, 9.17) is 4.52 Å². The molecule has 116 valence electrons. The molecule has 2 aliphatic rings. The minimum absolute atomic E-state index is 0.0991. The zero-order chi connectivity index (χ0) is 14.7. The van der Waals surface area contributed by atoms with Gasteiger partial charge in [-0.15, -0.1) is 0 Å². The van der Waals surface area contributed by atoms with Crippen LogP contribution >= 0.6 is 0 Å². The molecular weight excluding hydrogens is 268 g/mol. The smallest absolute Gasteiger partial charge is 0.317 e. The predicted octanol–water partition coefficient (Wildman–Crippen LogP) is 2.60. The lowest BCUT2D eigenvalue weighted by atomic mass is 9.95. The third kappa shape index (κ3) is 3.54. The van der Waals surface area contributed by atoms with Gasteiger partial charge in [0.25, 0.3) is 0 Å². The van der Waals surface area contributed by atoms with Crippen LogP contribution in [-0.2, 0) is 0 Å². The third-order valence-corrected chi connectivity index (χ3v) is 4.61. The van der Waals surface area contributed by atoms with Crippen LogP contribution in [0, 0.1) is 6.92 Å². The van der Waals surface area contributed by atoms with Gasteiger partial charge in [-0.2, -0.15) is 4.98 Å². The summed E-state index contributed by atoms with van der Waals surface area (Å²) in [6.07, 6.45) is 7.85. The van der Waals surface area contributed by atoms with Crippen LogP contribution in [0.3, 0.4) is 0 Å².